The summed E-state index contributed by atoms with van der Waals surface area (Å²) in [6, 6.07) is 16.1. The Balaban J connectivity index is 1.40. The number of anilines is 1. The first-order valence-electron chi connectivity index (χ1n) is 10.0. The number of amides is 3. The molecule has 0 spiro atoms. The first-order chi connectivity index (χ1) is 15.2. The summed E-state index contributed by atoms with van der Waals surface area (Å²) in [5.74, 6) is 0.390. The molecule has 0 atom stereocenters. The molecule has 1 aromatic heterocycles. The van der Waals surface area contributed by atoms with Gasteiger partial charge in [0.1, 0.15) is 10.9 Å². The fourth-order valence-corrected chi connectivity index (χ4v) is 4.05. The van der Waals surface area contributed by atoms with E-state index in [0.29, 0.717) is 31.3 Å². The number of imide groups is 1. The van der Waals surface area contributed by atoms with Crippen LogP contribution in [0.4, 0.5) is 10.5 Å². The van der Waals surface area contributed by atoms with E-state index in [-0.39, 0.29) is 5.75 Å². The molecule has 31 heavy (non-hydrogen) atoms. The number of morpholine rings is 1. The molecule has 0 aliphatic carbocycles. The first-order valence-corrected chi connectivity index (χ1v) is 11.0. The van der Waals surface area contributed by atoms with Crippen LogP contribution in [0.2, 0.25) is 0 Å². The van der Waals surface area contributed by atoms with Crippen LogP contribution in [0.5, 0.6) is 0 Å². The molecule has 3 aromatic rings. The van der Waals surface area contributed by atoms with Crippen molar-refractivity contribution < 1.29 is 14.3 Å². The van der Waals surface area contributed by atoms with Crippen molar-refractivity contribution in [2.75, 3.05) is 37.4 Å². The summed E-state index contributed by atoms with van der Waals surface area (Å²) >= 11 is 1.30. The van der Waals surface area contributed by atoms with Gasteiger partial charge < -0.3 is 10.1 Å². The number of rotatable bonds is 6. The molecule has 9 heteroatoms. The van der Waals surface area contributed by atoms with Crippen LogP contribution in [-0.4, -0.2) is 58.9 Å². The van der Waals surface area contributed by atoms with Crippen LogP contribution in [0, 0.1) is 0 Å². The Kier molecular flexibility index (Phi) is 7.08. The molecule has 1 aliphatic heterocycles. The molecule has 3 amide bonds. The van der Waals surface area contributed by atoms with E-state index >= 15 is 0 Å². The molecule has 160 valence electrons. The van der Waals surface area contributed by atoms with Crippen molar-refractivity contribution in [3.63, 3.8) is 0 Å². The molecule has 4 rings (SSSR count). The Hall–Kier alpha value is -3.01. The van der Waals surface area contributed by atoms with Crippen LogP contribution >= 0.6 is 11.8 Å². The number of thioether (sulfide) groups is 1. The second-order valence-corrected chi connectivity index (χ2v) is 7.97. The van der Waals surface area contributed by atoms with Gasteiger partial charge in [-0.1, -0.05) is 48.2 Å². The molecule has 0 unspecified atom stereocenters. The fourth-order valence-electron chi connectivity index (χ4n) is 3.21. The third-order valence-electron chi connectivity index (χ3n) is 4.71. The summed E-state index contributed by atoms with van der Waals surface area (Å²) in [5.41, 5.74) is 1.46. The van der Waals surface area contributed by atoms with Crippen molar-refractivity contribution in [1.82, 2.24) is 20.2 Å². The molecule has 1 aliphatic rings. The number of para-hydroxylation sites is 2. The smallest absolute Gasteiger partial charge is 0.325 e. The van der Waals surface area contributed by atoms with E-state index < -0.39 is 11.9 Å². The van der Waals surface area contributed by atoms with Gasteiger partial charge in [0, 0.05) is 24.2 Å². The maximum atomic E-state index is 12.3. The summed E-state index contributed by atoms with van der Waals surface area (Å²) in [6.45, 7) is 3.74. The number of hydrogen-bond donors (Lipinski definition) is 2. The fraction of sp³-hybridized carbons (Fsp3) is 0.273. The number of ether oxygens (including phenoxy) is 1. The van der Waals surface area contributed by atoms with Gasteiger partial charge in [-0.15, -0.1) is 0 Å². The largest absolute Gasteiger partial charge is 0.379 e. The van der Waals surface area contributed by atoms with Gasteiger partial charge in [0.25, 0.3) is 0 Å². The van der Waals surface area contributed by atoms with Gasteiger partial charge in [-0.25, -0.2) is 14.8 Å². The van der Waals surface area contributed by atoms with E-state index in [1.807, 2.05) is 42.5 Å². The summed E-state index contributed by atoms with van der Waals surface area (Å²) in [4.78, 5) is 36.0. The number of hydrogen-bond acceptors (Lipinski definition) is 7. The molecular formula is C22H23N5O3S. The molecule has 2 N–H and O–H groups in total. The van der Waals surface area contributed by atoms with Crippen LogP contribution in [0.25, 0.3) is 10.9 Å². The average Bonchev–Trinajstić information content (AvgIpc) is 2.79. The molecule has 2 heterocycles. The van der Waals surface area contributed by atoms with Gasteiger partial charge >= 0.3 is 6.03 Å². The van der Waals surface area contributed by atoms with Crippen LogP contribution in [0.1, 0.15) is 5.82 Å². The lowest BCUT2D eigenvalue weighted by Gasteiger charge is -2.25. The second-order valence-electron chi connectivity index (χ2n) is 7.01. The summed E-state index contributed by atoms with van der Waals surface area (Å²) in [6.07, 6.45) is 0. The lowest BCUT2D eigenvalue weighted by molar-refractivity contribution is -0.117. The Bertz CT molecular complexity index is 1060. The van der Waals surface area contributed by atoms with E-state index in [4.69, 9.17) is 9.72 Å². The number of nitrogens with zero attached hydrogens (tertiary/aromatic N) is 3. The van der Waals surface area contributed by atoms with Crippen molar-refractivity contribution in [2.24, 2.45) is 0 Å². The zero-order valence-corrected chi connectivity index (χ0v) is 17.7. The SMILES string of the molecule is O=C(CSc1nc(CN2CCOCC2)nc2ccccc12)NC(=O)Nc1ccccc1. The lowest BCUT2D eigenvalue weighted by atomic mass is 10.2. The lowest BCUT2D eigenvalue weighted by Crippen LogP contribution is -2.36. The molecular weight excluding hydrogens is 414 g/mol. The van der Waals surface area contributed by atoms with E-state index in [1.165, 1.54) is 11.8 Å². The standard InChI is InChI=1S/C22H23N5O3S/c28-20(26-22(29)23-16-6-2-1-3-7-16)15-31-21-17-8-4-5-9-18(17)24-19(25-21)14-27-10-12-30-13-11-27/h1-9H,10-15H2,(H2,23,26,28,29). The summed E-state index contributed by atoms with van der Waals surface area (Å²) < 4.78 is 5.40. The van der Waals surface area contributed by atoms with Gasteiger partial charge in [-0.2, -0.15) is 0 Å². The number of nitrogens with one attached hydrogen (secondary N) is 2. The first kappa shape index (κ1) is 21.2. The van der Waals surface area contributed by atoms with Crippen LogP contribution in [0.3, 0.4) is 0 Å². The normalized spacial score (nSPS) is 14.3. The number of aromatic nitrogens is 2. The van der Waals surface area contributed by atoms with E-state index in [0.717, 1.165) is 29.0 Å². The van der Waals surface area contributed by atoms with E-state index in [1.54, 1.807) is 12.1 Å². The van der Waals surface area contributed by atoms with Gasteiger partial charge in [0.15, 0.2) is 0 Å². The predicted molar refractivity (Wildman–Crippen MR) is 120 cm³/mol. The predicted octanol–water partition coefficient (Wildman–Crippen LogP) is 2.90. The van der Waals surface area contributed by atoms with Crippen LogP contribution in [-0.2, 0) is 16.1 Å². The number of benzene rings is 2. The minimum Gasteiger partial charge on any atom is -0.379 e. The van der Waals surface area contributed by atoms with Crippen molar-refractivity contribution >= 4 is 40.3 Å². The molecule has 0 radical (unpaired) electrons. The Morgan fingerprint density at radius 2 is 1.74 bits per heavy atom. The monoisotopic (exact) mass is 437 g/mol. The van der Waals surface area contributed by atoms with Gasteiger partial charge in [0.2, 0.25) is 5.91 Å². The third kappa shape index (κ3) is 6.00. The van der Waals surface area contributed by atoms with Gasteiger partial charge in [0.05, 0.1) is 31.0 Å². The van der Waals surface area contributed by atoms with Crippen molar-refractivity contribution in [3.05, 3.63) is 60.4 Å². The molecule has 2 aromatic carbocycles. The summed E-state index contributed by atoms with van der Waals surface area (Å²) in [7, 11) is 0. The zero-order valence-electron chi connectivity index (χ0n) is 16.9. The second kappa shape index (κ2) is 10.3. The summed E-state index contributed by atoms with van der Waals surface area (Å²) in [5, 5.41) is 6.60. The highest BCUT2D eigenvalue weighted by molar-refractivity contribution is 8.00. The maximum absolute atomic E-state index is 12.3. The third-order valence-corrected chi connectivity index (χ3v) is 5.70. The molecule has 8 nitrogen and oxygen atoms in total. The average molecular weight is 438 g/mol. The highest BCUT2D eigenvalue weighted by Crippen LogP contribution is 2.25. The van der Waals surface area contributed by atoms with Crippen LogP contribution < -0.4 is 10.6 Å². The van der Waals surface area contributed by atoms with Gasteiger partial charge in [-0.05, 0) is 18.2 Å². The molecule has 1 saturated heterocycles. The molecule has 1 fully saturated rings. The van der Waals surface area contributed by atoms with Crippen LogP contribution in [0.15, 0.2) is 59.6 Å². The van der Waals surface area contributed by atoms with Gasteiger partial charge in [-0.3, -0.25) is 15.0 Å². The van der Waals surface area contributed by atoms with Crippen molar-refractivity contribution in [1.29, 1.82) is 0 Å². The number of carbonyl (C=O) groups excluding carboxylic acids is 2. The quantitative estimate of drug-likeness (QED) is 0.452. The maximum Gasteiger partial charge on any atom is 0.325 e. The molecule has 0 bridgehead atoms. The zero-order chi connectivity index (χ0) is 21.5. The number of urea groups is 1. The van der Waals surface area contributed by atoms with E-state index in [9.17, 15) is 9.59 Å². The highest BCUT2D eigenvalue weighted by atomic mass is 32.2. The topological polar surface area (TPSA) is 96.5 Å². The Morgan fingerprint density at radius 3 is 2.55 bits per heavy atom. The van der Waals surface area contributed by atoms with Crippen molar-refractivity contribution in [3.8, 4) is 0 Å². The number of carbonyl (C=O) groups is 2. The minimum atomic E-state index is -0.558. The van der Waals surface area contributed by atoms with Crippen molar-refractivity contribution in [2.45, 2.75) is 11.6 Å². The highest BCUT2D eigenvalue weighted by Gasteiger charge is 2.16. The van der Waals surface area contributed by atoms with E-state index in [2.05, 4.69) is 20.5 Å². The Morgan fingerprint density at radius 1 is 1.00 bits per heavy atom. The minimum absolute atomic E-state index is 0.0697. The molecule has 0 saturated carbocycles. The number of fused-ring (bicyclic) bond motifs is 1. The Labute approximate surface area is 184 Å².